The van der Waals surface area contributed by atoms with Gasteiger partial charge in [0.25, 0.3) is 5.69 Å². The molecule has 7 nitrogen and oxygen atoms in total. The lowest BCUT2D eigenvalue weighted by atomic mass is 10.1. The van der Waals surface area contributed by atoms with Crippen LogP contribution >= 0.6 is 0 Å². The van der Waals surface area contributed by atoms with Gasteiger partial charge in [-0.15, -0.1) is 0 Å². The molecule has 0 aromatic heterocycles. The van der Waals surface area contributed by atoms with Gasteiger partial charge < -0.3 is 14.6 Å². The van der Waals surface area contributed by atoms with E-state index in [0.717, 1.165) is 30.2 Å². The Labute approximate surface area is 183 Å². The molecule has 31 heavy (non-hydrogen) atoms. The molecule has 0 amide bonds. The van der Waals surface area contributed by atoms with Crippen molar-refractivity contribution >= 4 is 11.7 Å². The molecule has 7 heteroatoms. The maximum absolute atomic E-state index is 11.4. The van der Waals surface area contributed by atoms with Crippen molar-refractivity contribution in [1.82, 2.24) is 0 Å². The number of nitrogens with zero attached hydrogens (tertiary/aromatic N) is 1. The summed E-state index contributed by atoms with van der Waals surface area (Å²) in [7, 11) is 0. The van der Waals surface area contributed by atoms with E-state index >= 15 is 0 Å². The molecule has 0 heterocycles. The third-order valence-electron chi connectivity index (χ3n) is 4.96. The van der Waals surface area contributed by atoms with Crippen LogP contribution in [0.1, 0.15) is 74.2 Å². The number of benzene rings is 2. The van der Waals surface area contributed by atoms with Gasteiger partial charge in [0.15, 0.2) is 0 Å². The van der Waals surface area contributed by atoms with E-state index in [2.05, 4.69) is 6.92 Å². The average Bonchev–Trinajstić information content (AvgIpc) is 2.76. The fourth-order valence-corrected chi connectivity index (χ4v) is 3.24. The summed E-state index contributed by atoms with van der Waals surface area (Å²) in [5.74, 6) is -0.448. The average molecular weight is 430 g/mol. The van der Waals surface area contributed by atoms with E-state index in [1.165, 1.54) is 50.7 Å². The zero-order chi connectivity index (χ0) is 22.5. The fraction of sp³-hybridized carbons (Fsp3) is 0.458. The van der Waals surface area contributed by atoms with Crippen molar-refractivity contribution < 1.29 is 24.3 Å². The Morgan fingerprint density at radius 2 is 1.68 bits per heavy atom. The summed E-state index contributed by atoms with van der Waals surface area (Å²) in [6.45, 7) is 3.01. The summed E-state index contributed by atoms with van der Waals surface area (Å²) in [5, 5.41) is 20.2. The molecule has 0 fully saturated rings. The highest BCUT2D eigenvalue weighted by atomic mass is 16.6. The summed E-state index contributed by atoms with van der Waals surface area (Å²) >= 11 is 0. The van der Waals surface area contributed by atoms with E-state index in [9.17, 15) is 20.0 Å². The molecule has 0 saturated heterocycles. The monoisotopic (exact) mass is 429 g/mol. The molecule has 0 aliphatic carbocycles. The first-order valence-electron chi connectivity index (χ1n) is 10.9. The number of hydrogen-bond acceptors (Lipinski definition) is 5. The Morgan fingerprint density at radius 1 is 0.968 bits per heavy atom. The van der Waals surface area contributed by atoms with Gasteiger partial charge in [-0.3, -0.25) is 10.1 Å². The minimum absolute atomic E-state index is 0.0864. The minimum atomic E-state index is -1.28. The maximum atomic E-state index is 11.4. The number of carbonyl (C=O) groups is 1. The smallest absolute Gasteiger partial charge is 0.339 e. The molecule has 0 unspecified atom stereocenters. The fourth-order valence-electron chi connectivity index (χ4n) is 3.24. The lowest BCUT2D eigenvalue weighted by Crippen LogP contribution is -2.05. The van der Waals surface area contributed by atoms with Gasteiger partial charge in [0.05, 0.1) is 11.5 Å². The van der Waals surface area contributed by atoms with Gasteiger partial charge in [-0.05, 0) is 30.2 Å². The first kappa shape index (κ1) is 24.2. The number of rotatable bonds is 15. The van der Waals surface area contributed by atoms with Gasteiger partial charge in [0.1, 0.15) is 23.7 Å². The summed E-state index contributed by atoms with van der Waals surface area (Å²) in [4.78, 5) is 21.6. The number of nitro groups is 1. The van der Waals surface area contributed by atoms with Crippen molar-refractivity contribution in [3.05, 3.63) is 63.7 Å². The van der Waals surface area contributed by atoms with E-state index in [0.29, 0.717) is 6.61 Å². The zero-order valence-electron chi connectivity index (χ0n) is 18.0. The van der Waals surface area contributed by atoms with Crippen molar-refractivity contribution in [2.45, 2.75) is 64.9 Å². The summed E-state index contributed by atoms with van der Waals surface area (Å²) in [6, 6.07) is 11.0. The lowest BCUT2D eigenvalue weighted by molar-refractivity contribution is -0.384. The van der Waals surface area contributed by atoms with E-state index in [1.807, 2.05) is 24.3 Å². The van der Waals surface area contributed by atoms with Crippen LogP contribution in [0.15, 0.2) is 42.5 Å². The predicted molar refractivity (Wildman–Crippen MR) is 119 cm³/mol. The molecule has 0 bridgehead atoms. The molecule has 1 N–H and O–H groups in total. The second kappa shape index (κ2) is 13.3. The topological polar surface area (TPSA) is 98.9 Å². The molecule has 168 valence electrons. The van der Waals surface area contributed by atoms with Crippen LogP contribution in [0, 0.1) is 10.1 Å². The molecule has 0 saturated carbocycles. The third kappa shape index (κ3) is 8.66. The van der Waals surface area contributed by atoms with Gasteiger partial charge in [-0.25, -0.2) is 4.79 Å². The molecule has 0 aliphatic heterocycles. The van der Waals surface area contributed by atoms with E-state index < -0.39 is 10.9 Å². The highest BCUT2D eigenvalue weighted by molar-refractivity contribution is 5.91. The Morgan fingerprint density at radius 3 is 2.35 bits per heavy atom. The standard InChI is InChI=1S/C24H31NO6/c1-2-3-4-5-6-7-8-9-15-30-21-12-10-11-19(16-21)18-31-23-14-13-20(25(28)29)17-22(23)24(26)27/h10-14,16-17H,2-9,15,18H2,1H3,(H,26,27). The highest BCUT2D eigenvalue weighted by Gasteiger charge is 2.17. The van der Waals surface area contributed by atoms with Crippen molar-refractivity contribution in [2.75, 3.05) is 6.61 Å². The van der Waals surface area contributed by atoms with Crippen molar-refractivity contribution in [1.29, 1.82) is 0 Å². The molecule has 0 aliphatic rings. The first-order chi connectivity index (χ1) is 15.0. The number of ether oxygens (including phenoxy) is 2. The van der Waals surface area contributed by atoms with Crippen LogP contribution < -0.4 is 9.47 Å². The Kier molecular flexibility index (Phi) is 10.3. The Balaban J connectivity index is 1.80. The Hall–Kier alpha value is -3.09. The van der Waals surface area contributed by atoms with Crippen LogP contribution in [-0.4, -0.2) is 22.6 Å². The Bertz CT molecular complexity index is 852. The van der Waals surface area contributed by atoms with E-state index in [4.69, 9.17) is 9.47 Å². The van der Waals surface area contributed by atoms with Gasteiger partial charge in [0.2, 0.25) is 0 Å². The number of hydrogen-bond donors (Lipinski definition) is 1. The minimum Gasteiger partial charge on any atom is -0.494 e. The number of carboxylic acid groups (broad SMARTS) is 1. The number of nitro benzene ring substituents is 1. The molecule has 2 rings (SSSR count). The van der Waals surface area contributed by atoms with Crippen LogP contribution in [0.25, 0.3) is 0 Å². The van der Waals surface area contributed by atoms with Gasteiger partial charge >= 0.3 is 5.97 Å². The largest absolute Gasteiger partial charge is 0.494 e. The normalized spacial score (nSPS) is 10.6. The van der Waals surface area contributed by atoms with Gasteiger partial charge in [-0.2, -0.15) is 0 Å². The van der Waals surface area contributed by atoms with Crippen LogP contribution in [0.2, 0.25) is 0 Å². The first-order valence-corrected chi connectivity index (χ1v) is 10.9. The van der Waals surface area contributed by atoms with E-state index in [1.54, 1.807) is 0 Å². The van der Waals surface area contributed by atoms with Crippen LogP contribution in [0.3, 0.4) is 0 Å². The van der Waals surface area contributed by atoms with Crippen molar-refractivity contribution in [3.63, 3.8) is 0 Å². The van der Waals surface area contributed by atoms with Crippen LogP contribution in [-0.2, 0) is 6.61 Å². The molecule has 0 spiro atoms. The van der Waals surface area contributed by atoms with Gasteiger partial charge in [-0.1, -0.05) is 64.0 Å². The highest BCUT2D eigenvalue weighted by Crippen LogP contribution is 2.25. The van der Waals surface area contributed by atoms with Crippen molar-refractivity contribution in [3.8, 4) is 11.5 Å². The van der Waals surface area contributed by atoms with E-state index in [-0.39, 0.29) is 23.6 Å². The summed E-state index contributed by atoms with van der Waals surface area (Å²) < 4.78 is 11.4. The van der Waals surface area contributed by atoms with Crippen LogP contribution in [0.5, 0.6) is 11.5 Å². The lowest BCUT2D eigenvalue weighted by Gasteiger charge is -2.11. The molecule has 2 aromatic carbocycles. The number of non-ortho nitro benzene ring substituents is 1. The third-order valence-corrected chi connectivity index (χ3v) is 4.96. The summed E-state index contributed by atoms with van der Waals surface area (Å²) in [5.41, 5.74) is 0.292. The number of aromatic carboxylic acids is 1. The molecule has 2 aromatic rings. The molecular weight excluding hydrogens is 398 g/mol. The molecular formula is C24H31NO6. The number of unbranched alkanes of at least 4 members (excludes halogenated alkanes) is 7. The number of carboxylic acids is 1. The maximum Gasteiger partial charge on any atom is 0.339 e. The summed E-state index contributed by atoms with van der Waals surface area (Å²) in [6.07, 6.45) is 9.94. The SMILES string of the molecule is CCCCCCCCCCOc1cccc(COc2ccc([N+](=O)[O-])cc2C(=O)O)c1. The predicted octanol–water partition coefficient (Wildman–Crippen LogP) is 6.39. The van der Waals surface area contributed by atoms with Crippen molar-refractivity contribution in [2.24, 2.45) is 0 Å². The molecule has 0 atom stereocenters. The second-order valence-electron chi connectivity index (χ2n) is 7.50. The van der Waals surface area contributed by atoms with Gasteiger partial charge in [0, 0.05) is 12.1 Å². The zero-order valence-corrected chi connectivity index (χ0v) is 18.0. The quantitative estimate of drug-likeness (QED) is 0.200. The second-order valence-corrected chi connectivity index (χ2v) is 7.50. The van der Waals surface area contributed by atoms with Crippen LogP contribution in [0.4, 0.5) is 5.69 Å². The molecule has 0 radical (unpaired) electrons.